The number of ether oxygens (including phenoxy) is 1. The van der Waals surface area contributed by atoms with Crippen molar-refractivity contribution in [1.82, 2.24) is 5.48 Å². The van der Waals surface area contributed by atoms with Crippen LogP contribution in [0.15, 0.2) is 24.3 Å². The summed E-state index contributed by atoms with van der Waals surface area (Å²) < 4.78 is 5.35. The lowest BCUT2D eigenvalue weighted by Gasteiger charge is -2.13. The zero-order valence-electron chi connectivity index (χ0n) is 9.15. The minimum atomic E-state index is -0.636. The van der Waals surface area contributed by atoms with Crippen molar-refractivity contribution in [2.75, 3.05) is 19.8 Å². The molecule has 5 heteroatoms. The molecule has 0 saturated carbocycles. The summed E-state index contributed by atoms with van der Waals surface area (Å²) in [5, 5.41) is 10.1. The molecular weight excluding hydrogens is 230 g/mol. The van der Waals surface area contributed by atoms with Crippen molar-refractivity contribution in [3.05, 3.63) is 29.3 Å². The van der Waals surface area contributed by atoms with Gasteiger partial charge in [0.25, 0.3) is 0 Å². The monoisotopic (exact) mass is 245 g/mol. The van der Waals surface area contributed by atoms with Gasteiger partial charge in [0.2, 0.25) is 0 Å². The van der Waals surface area contributed by atoms with Crippen molar-refractivity contribution in [3.8, 4) is 5.75 Å². The van der Waals surface area contributed by atoms with Crippen LogP contribution in [0.25, 0.3) is 0 Å². The van der Waals surface area contributed by atoms with Crippen LogP contribution in [0.1, 0.15) is 6.92 Å². The predicted molar refractivity (Wildman–Crippen MR) is 62.6 cm³/mol. The Balaban J connectivity index is 2.26. The van der Waals surface area contributed by atoms with E-state index in [0.717, 1.165) is 0 Å². The lowest BCUT2D eigenvalue weighted by molar-refractivity contribution is 0.00951. The maximum Gasteiger partial charge on any atom is 0.138 e. The van der Waals surface area contributed by atoms with Gasteiger partial charge >= 0.3 is 0 Å². The summed E-state index contributed by atoms with van der Waals surface area (Å²) in [6.07, 6.45) is -0.636. The molecule has 0 aromatic heterocycles. The third-order valence-corrected chi connectivity index (χ3v) is 2.15. The number of benzene rings is 1. The van der Waals surface area contributed by atoms with Gasteiger partial charge in [-0.3, -0.25) is 0 Å². The Hall–Kier alpha value is -0.810. The van der Waals surface area contributed by atoms with E-state index in [1.807, 2.05) is 19.1 Å². The number of aliphatic hydroxyl groups is 1. The van der Waals surface area contributed by atoms with Crippen LogP contribution in [0.5, 0.6) is 5.75 Å². The lowest BCUT2D eigenvalue weighted by atomic mass is 10.3. The first-order chi connectivity index (χ1) is 7.74. The molecule has 1 atom stereocenters. The molecular formula is C11H16ClNO3. The molecule has 1 rings (SSSR count). The Morgan fingerprint density at radius 3 is 2.88 bits per heavy atom. The minimum absolute atomic E-state index is 0.170. The van der Waals surface area contributed by atoms with Gasteiger partial charge in [0.05, 0.1) is 18.2 Å². The number of para-hydroxylation sites is 1. The molecule has 0 bridgehead atoms. The van der Waals surface area contributed by atoms with E-state index in [0.29, 0.717) is 23.9 Å². The lowest BCUT2D eigenvalue weighted by Crippen LogP contribution is -2.31. The third kappa shape index (κ3) is 4.81. The Morgan fingerprint density at radius 1 is 1.44 bits per heavy atom. The molecule has 0 fully saturated rings. The second kappa shape index (κ2) is 7.46. The molecule has 0 amide bonds. The molecule has 0 heterocycles. The number of aliphatic hydroxyl groups excluding tert-OH is 1. The van der Waals surface area contributed by atoms with Gasteiger partial charge in [-0.1, -0.05) is 23.7 Å². The Bertz CT molecular complexity index is 309. The fourth-order valence-corrected chi connectivity index (χ4v) is 1.25. The van der Waals surface area contributed by atoms with E-state index in [4.69, 9.17) is 21.2 Å². The van der Waals surface area contributed by atoms with Crippen molar-refractivity contribution in [2.24, 2.45) is 0 Å². The van der Waals surface area contributed by atoms with Gasteiger partial charge in [-0.15, -0.1) is 0 Å². The van der Waals surface area contributed by atoms with Crippen LogP contribution >= 0.6 is 11.6 Å². The van der Waals surface area contributed by atoms with Gasteiger partial charge in [-0.05, 0) is 19.1 Å². The molecule has 0 spiro atoms. The molecule has 0 aliphatic heterocycles. The Morgan fingerprint density at radius 2 is 2.19 bits per heavy atom. The minimum Gasteiger partial charge on any atom is -0.489 e. The smallest absolute Gasteiger partial charge is 0.138 e. The van der Waals surface area contributed by atoms with Gasteiger partial charge in [0.1, 0.15) is 18.5 Å². The van der Waals surface area contributed by atoms with E-state index in [-0.39, 0.29) is 6.61 Å². The van der Waals surface area contributed by atoms with Gasteiger partial charge in [-0.2, -0.15) is 5.48 Å². The molecule has 0 radical (unpaired) electrons. The average Bonchev–Trinajstić information content (AvgIpc) is 2.28. The second-order valence-electron chi connectivity index (χ2n) is 3.18. The van der Waals surface area contributed by atoms with Crippen LogP contribution in [0.4, 0.5) is 0 Å². The average molecular weight is 246 g/mol. The molecule has 16 heavy (non-hydrogen) atoms. The maximum absolute atomic E-state index is 9.52. The molecule has 1 unspecified atom stereocenters. The molecule has 4 nitrogen and oxygen atoms in total. The van der Waals surface area contributed by atoms with Gasteiger partial charge in [0.15, 0.2) is 0 Å². The highest BCUT2D eigenvalue weighted by molar-refractivity contribution is 6.32. The van der Waals surface area contributed by atoms with Crippen LogP contribution in [0.2, 0.25) is 5.02 Å². The molecule has 0 aliphatic rings. The van der Waals surface area contributed by atoms with Gasteiger partial charge in [-0.25, -0.2) is 0 Å². The summed E-state index contributed by atoms with van der Waals surface area (Å²) in [5.74, 6) is 0.569. The fourth-order valence-electron chi connectivity index (χ4n) is 1.06. The molecule has 1 aromatic carbocycles. The first-order valence-corrected chi connectivity index (χ1v) is 5.52. The van der Waals surface area contributed by atoms with Crippen LogP contribution < -0.4 is 10.2 Å². The van der Waals surface area contributed by atoms with E-state index in [9.17, 15) is 5.11 Å². The van der Waals surface area contributed by atoms with E-state index < -0.39 is 6.10 Å². The highest BCUT2D eigenvalue weighted by Crippen LogP contribution is 2.22. The Kier molecular flexibility index (Phi) is 6.18. The topological polar surface area (TPSA) is 50.7 Å². The number of hydroxylamine groups is 1. The van der Waals surface area contributed by atoms with Crippen LogP contribution in [-0.4, -0.2) is 31.0 Å². The van der Waals surface area contributed by atoms with E-state index in [2.05, 4.69) is 5.48 Å². The number of halogens is 1. The molecule has 90 valence electrons. The van der Waals surface area contributed by atoms with E-state index in [1.165, 1.54) is 0 Å². The SMILES string of the molecule is CCONCC(O)COc1ccccc1Cl. The predicted octanol–water partition coefficient (Wildman–Crippen LogP) is 1.62. The number of rotatable bonds is 7. The van der Waals surface area contributed by atoms with E-state index >= 15 is 0 Å². The number of nitrogens with one attached hydrogen (secondary N) is 1. The first-order valence-electron chi connectivity index (χ1n) is 5.14. The van der Waals surface area contributed by atoms with Crippen LogP contribution in [0.3, 0.4) is 0 Å². The fraction of sp³-hybridized carbons (Fsp3) is 0.455. The molecule has 0 saturated heterocycles. The quantitative estimate of drug-likeness (QED) is 0.566. The summed E-state index contributed by atoms with van der Waals surface area (Å²) in [6, 6.07) is 7.14. The summed E-state index contributed by atoms with van der Waals surface area (Å²) in [7, 11) is 0. The first kappa shape index (κ1) is 13.3. The van der Waals surface area contributed by atoms with E-state index in [1.54, 1.807) is 12.1 Å². The molecule has 1 aromatic rings. The van der Waals surface area contributed by atoms with Gasteiger partial charge in [0, 0.05) is 0 Å². The Labute approximate surface area is 100 Å². The highest BCUT2D eigenvalue weighted by Gasteiger charge is 2.06. The van der Waals surface area contributed by atoms with Crippen molar-refractivity contribution >= 4 is 11.6 Å². The standard InChI is InChI=1S/C11H16ClNO3/c1-2-16-13-7-9(14)8-15-11-6-4-3-5-10(11)12/h3-6,9,13-14H,2,7-8H2,1H3. The van der Waals surface area contributed by atoms with Crippen molar-refractivity contribution in [1.29, 1.82) is 0 Å². The van der Waals surface area contributed by atoms with Gasteiger partial charge < -0.3 is 14.7 Å². The zero-order valence-corrected chi connectivity index (χ0v) is 9.91. The van der Waals surface area contributed by atoms with Crippen molar-refractivity contribution in [2.45, 2.75) is 13.0 Å². The summed E-state index contributed by atoms with van der Waals surface area (Å²) >= 11 is 5.89. The number of hydrogen-bond donors (Lipinski definition) is 2. The van der Waals surface area contributed by atoms with Crippen LogP contribution in [-0.2, 0) is 4.84 Å². The highest BCUT2D eigenvalue weighted by atomic mass is 35.5. The molecule has 0 aliphatic carbocycles. The second-order valence-corrected chi connectivity index (χ2v) is 3.58. The molecule has 2 N–H and O–H groups in total. The normalized spacial score (nSPS) is 12.4. The third-order valence-electron chi connectivity index (χ3n) is 1.83. The van der Waals surface area contributed by atoms with Crippen LogP contribution in [0, 0.1) is 0 Å². The van der Waals surface area contributed by atoms with Crippen molar-refractivity contribution in [3.63, 3.8) is 0 Å². The van der Waals surface area contributed by atoms with Crippen molar-refractivity contribution < 1.29 is 14.7 Å². The largest absolute Gasteiger partial charge is 0.489 e. The maximum atomic E-state index is 9.52. The summed E-state index contributed by atoms with van der Waals surface area (Å²) in [5.41, 5.74) is 2.62. The summed E-state index contributed by atoms with van der Waals surface area (Å²) in [4.78, 5) is 4.89. The summed E-state index contributed by atoms with van der Waals surface area (Å²) in [6.45, 7) is 2.90. The zero-order chi connectivity index (χ0) is 11.8. The number of hydrogen-bond acceptors (Lipinski definition) is 4.